The number of anilines is 1. The molecule has 204 valence electrons. The molecule has 2 amide bonds. The lowest BCUT2D eigenvalue weighted by atomic mass is 10.1. The third-order valence-electron chi connectivity index (χ3n) is 6.47. The molecule has 3 aromatic carbocycles. The van der Waals surface area contributed by atoms with Crippen LogP contribution in [-0.2, 0) is 24.4 Å². The van der Waals surface area contributed by atoms with Gasteiger partial charge in [0.1, 0.15) is 6.04 Å². The highest BCUT2D eigenvalue weighted by atomic mass is 32.2. The normalized spacial score (nSPS) is 17.6. The number of aromatic carboxylic acids is 1. The molecule has 4 rings (SSSR count). The van der Waals surface area contributed by atoms with Crippen LogP contribution in [0.15, 0.2) is 71.6 Å². The first-order chi connectivity index (χ1) is 18.5. The number of sulfonamides is 1. The van der Waals surface area contributed by atoms with E-state index in [2.05, 4.69) is 5.32 Å². The molecule has 0 aliphatic carbocycles. The number of amides is 2. The number of nitrogens with zero attached hydrogens (tertiary/aromatic N) is 2. The summed E-state index contributed by atoms with van der Waals surface area (Å²) in [6, 6.07) is 16.6. The molecule has 2 unspecified atom stereocenters. The SMILES string of the molecule is CC(=O)SC1CC(C(=O)NCC(=O)N(C)c2ccc(C(=O)O)cc2)N(S(=O)(=O)c2ccc3ccccc3c2)C1. The predicted molar refractivity (Wildman–Crippen MR) is 148 cm³/mol. The summed E-state index contributed by atoms with van der Waals surface area (Å²) < 4.78 is 28.4. The van der Waals surface area contributed by atoms with E-state index in [1.54, 1.807) is 24.3 Å². The number of carboxylic acids is 1. The molecule has 2 N–H and O–H groups in total. The first kappa shape index (κ1) is 28.3. The van der Waals surface area contributed by atoms with Crippen molar-refractivity contribution in [1.82, 2.24) is 9.62 Å². The maximum Gasteiger partial charge on any atom is 0.335 e. The molecule has 0 saturated carbocycles. The highest BCUT2D eigenvalue weighted by Crippen LogP contribution is 2.33. The van der Waals surface area contributed by atoms with Crippen LogP contribution in [0.25, 0.3) is 10.8 Å². The molecule has 0 radical (unpaired) electrons. The van der Waals surface area contributed by atoms with Gasteiger partial charge in [0.15, 0.2) is 5.12 Å². The maximum atomic E-state index is 13.7. The Hall–Kier alpha value is -3.74. The highest BCUT2D eigenvalue weighted by Gasteiger charge is 2.44. The monoisotopic (exact) mass is 569 g/mol. The topological polar surface area (TPSA) is 141 Å². The van der Waals surface area contributed by atoms with Crippen molar-refractivity contribution < 1.29 is 32.7 Å². The molecule has 0 bridgehead atoms. The van der Waals surface area contributed by atoms with E-state index in [4.69, 9.17) is 5.11 Å². The number of fused-ring (bicyclic) bond motifs is 1. The summed E-state index contributed by atoms with van der Waals surface area (Å²) in [6.07, 6.45) is 0.115. The minimum Gasteiger partial charge on any atom is -0.478 e. The zero-order chi connectivity index (χ0) is 28.3. The molecule has 0 spiro atoms. The summed E-state index contributed by atoms with van der Waals surface area (Å²) in [4.78, 5) is 50.0. The zero-order valence-electron chi connectivity index (χ0n) is 21.2. The van der Waals surface area contributed by atoms with Crippen LogP contribution in [-0.4, -0.2) is 72.2 Å². The van der Waals surface area contributed by atoms with Crippen LogP contribution in [0.4, 0.5) is 5.69 Å². The van der Waals surface area contributed by atoms with Gasteiger partial charge in [0.05, 0.1) is 17.0 Å². The lowest BCUT2D eigenvalue weighted by Crippen LogP contribution is -2.48. The van der Waals surface area contributed by atoms with E-state index in [9.17, 15) is 27.6 Å². The number of carboxylic acid groups (broad SMARTS) is 1. The van der Waals surface area contributed by atoms with Gasteiger partial charge < -0.3 is 15.3 Å². The summed E-state index contributed by atoms with van der Waals surface area (Å²) in [6.45, 7) is 0.958. The minimum atomic E-state index is -4.10. The Labute approximate surface area is 230 Å². The fourth-order valence-electron chi connectivity index (χ4n) is 4.43. The second kappa shape index (κ2) is 11.6. The van der Waals surface area contributed by atoms with Gasteiger partial charge in [-0.3, -0.25) is 14.4 Å². The minimum absolute atomic E-state index is 0.0265. The van der Waals surface area contributed by atoms with Gasteiger partial charge >= 0.3 is 5.97 Å². The molecule has 1 saturated heterocycles. The van der Waals surface area contributed by atoms with E-state index in [0.29, 0.717) is 5.69 Å². The molecule has 1 aliphatic heterocycles. The Bertz CT molecular complexity index is 1540. The van der Waals surface area contributed by atoms with E-state index in [-0.39, 0.29) is 28.5 Å². The highest BCUT2D eigenvalue weighted by molar-refractivity contribution is 8.14. The fraction of sp³-hybridized carbons (Fsp3) is 0.259. The summed E-state index contributed by atoms with van der Waals surface area (Å²) in [7, 11) is -2.62. The standard InChI is InChI=1S/C27H27N3O7S2/c1-17(31)38-22-14-24(26(33)28-15-25(32)29(2)21-10-7-19(8-11-21)27(34)35)30(16-22)39(36,37)23-12-9-18-5-3-4-6-20(18)13-23/h3-13,22,24H,14-16H2,1-2H3,(H,28,33)(H,34,35). The Morgan fingerprint density at radius 1 is 1.03 bits per heavy atom. The number of benzene rings is 3. The Balaban J connectivity index is 1.51. The van der Waals surface area contributed by atoms with Crippen LogP contribution in [0.2, 0.25) is 0 Å². The number of rotatable bonds is 8. The van der Waals surface area contributed by atoms with Crippen molar-refractivity contribution >= 4 is 61.1 Å². The van der Waals surface area contributed by atoms with Gasteiger partial charge in [0, 0.05) is 31.5 Å². The van der Waals surface area contributed by atoms with Crippen LogP contribution in [0, 0.1) is 0 Å². The Kier molecular flexibility index (Phi) is 8.38. The molecule has 3 aromatic rings. The van der Waals surface area contributed by atoms with Gasteiger partial charge in [-0.15, -0.1) is 0 Å². The van der Waals surface area contributed by atoms with Gasteiger partial charge in [-0.1, -0.05) is 42.1 Å². The zero-order valence-corrected chi connectivity index (χ0v) is 22.9. The molecule has 2 atom stereocenters. The van der Waals surface area contributed by atoms with E-state index in [1.165, 1.54) is 49.2 Å². The lowest BCUT2D eigenvalue weighted by Gasteiger charge is -2.24. The van der Waals surface area contributed by atoms with E-state index in [0.717, 1.165) is 26.8 Å². The van der Waals surface area contributed by atoms with Crippen molar-refractivity contribution in [2.45, 2.75) is 29.5 Å². The summed E-state index contributed by atoms with van der Waals surface area (Å²) >= 11 is 0.989. The van der Waals surface area contributed by atoms with Gasteiger partial charge in [-0.2, -0.15) is 4.31 Å². The van der Waals surface area contributed by atoms with Crippen LogP contribution >= 0.6 is 11.8 Å². The molecule has 39 heavy (non-hydrogen) atoms. The van der Waals surface area contributed by atoms with E-state index in [1.807, 2.05) is 12.1 Å². The largest absolute Gasteiger partial charge is 0.478 e. The number of hydrogen-bond donors (Lipinski definition) is 2. The Morgan fingerprint density at radius 3 is 2.33 bits per heavy atom. The third-order valence-corrected chi connectivity index (χ3v) is 9.35. The van der Waals surface area contributed by atoms with Crippen LogP contribution in [0.3, 0.4) is 0 Å². The molecule has 12 heteroatoms. The van der Waals surface area contributed by atoms with Crippen LogP contribution in [0.1, 0.15) is 23.7 Å². The molecular formula is C27H27N3O7S2. The summed E-state index contributed by atoms with van der Waals surface area (Å²) in [5.74, 6) is -2.22. The smallest absolute Gasteiger partial charge is 0.335 e. The predicted octanol–water partition coefficient (Wildman–Crippen LogP) is 2.73. The maximum absolute atomic E-state index is 13.7. The number of nitrogens with one attached hydrogen (secondary N) is 1. The van der Waals surface area contributed by atoms with Gasteiger partial charge in [-0.25, -0.2) is 13.2 Å². The molecular weight excluding hydrogens is 542 g/mol. The van der Waals surface area contributed by atoms with Crippen molar-refractivity contribution in [2.24, 2.45) is 0 Å². The summed E-state index contributed by atoms with van der Waals surface area (Å²) in [5, 5.41) is 12.6. The number of likely N-dealkylation sites (N-methyl/N-ethyl adjacent to an activating group) is 1. The second-order valence-corrected chi connectivity index (χ2v) is 12.5. The third kappa shape index (κ3) is 6.29. The van der Waals surface area contributed by atoms with E-state index >= 15 is 0 Å². The average molecular weight is 570 g/mol. The number of thioether (sulfide) groups is 1. The molecule has 1 fully saturated rings. The number of carbonyl (C=O) groups excluding carboxylic acids is 3. The quantitative estimate of drug-likeness (QED) is 0.422. The molecule has 1 aliphatic rings. The molecule has 0 aromatic heterocycles. The summed E-state index contributed by atoms with van der Waals surface area (Å²) in [5.41, 5.74) is 0.499. The average Bonchev–Trinajstić information content (AvgIpc) is 3.35. The lowest BCUT2D eigenvalue weighted by molar-refractivity contribution is -0.127. The molecule has 10 nitrogen and oxygen atoms in total. The first-order valence-electron chi connectivity index (χ1n) is 12.0. The second-order valence-electron chi connectivity index (χ2n) is 9.09. The Morgan fingerprint density at radius 2 is 1.69 bits per heavy atom. The fourth-order valence-corrected chi connectivity index (χ4v) is 7.18. The first-order valence-corrected chi connectivity index (χ1v) is 14.3. The van der Waals surface area contributed by atoms with Crippen LogP contribution in [0.5, 0.6) is 0 Å². The van der Waals surface area contributed by atoms with Gasteiger partial charge in [-0.05, 0) is 53.6 Å². The van der Waals surface area contributed by atoms with Crippen molar-refractivity contribution in [1.29, 1.82) is 0 Å². The van der Waals surface area contributed by atoms with Crippen molar-refractivity contribution in [3.8, 4) is 0 Å². The van der Waals surface area contributed by atoms with Crippen molar-refractivity contribution in [3.63, 3.8) is 0 Å². The number of carbonyl (C=O) groups is 4. The van der Waals surface area contributed by atoms with Crippen molar-refractivity contribution in [2.75, 3.05) is 25.0 Å². The van der Waals surface area contributed by atoms with Crippen LogP contribution < -0.4 is 10.2 Å². The van der Waals surface area contributed by atoms with Gasteiger partial charge in [0.2, 0.25) is 21.8 Å². The van der Waals surface area contributed by atoms with Crippen molar-refractivity contribution in [3.05, 3.63) is 72.3 Å². The number of hydrogen-bond acceptors (Lipinski definition) is 7. The van der Waals surface area contributed by atoms with E-state index < -0.39 is 45.6 Å². The molecule has 1 heterocycles. The van der Waals surface area contributed by atoms with Gasteiger partial charge in [0.25, 0.3) is 0 Å².